The molecule has 0 aromatic carbocycles. The average molecular weight is 134 g/mol. The van der Waals surface area contributed by atoms with Crippen LogP contribution in [0, 0.1) is 0 Å². The van der Waals surface area contributed by atoms with Crippen molar-refractivity contribution in [3.63, 3.8) is 0 Å². The largest absolute Gasteiger partial charge is 0.466 e. The SMILES string of the molecule is C=CC(O)[SiH2]O[SiH3]. The lowest BCUT2D eigenvalue weighted by molar-refractivity contribution is 0.286. The smallest absolute Gasteiger partial charge is 0.180 e. The number of aliphatic hydroxyl groups is 1. The molecular formula is C3H10O2Si2. The van der Waals surface area contributed by atoms with Gasteiger partial charge in [0.05, 0.1) is 5.73 Å². The molecule has 0 saturated heterocycles. The fourth-order valence-corrected chi connectivity index (χ4v) is 1.74. The number of aliphatic hydroxyl groups excluding tert-OH is 1. The van der Waals surface area contributed by atoms with Crippen LogP contribution in [-0.4, -0.2) is 31.1 Å². The summed E-state index contributed by atoms with van der Waals surface area (Å²) >= 11 is 0. The Labute approximate surface area is 48.7 Å². The molecule has 0 aromatic heterocycles. The zero-order valence-corrected chi connectivity index (χ0v) is 7.84. The summed E-state index contributed by atoms with van der Waals surface area (Å²) < 4.78 is 4.85. The van der Waals surface area contributed by atoms with Gasteiger partial charge in [0.15, 0.2) is 9.76 Å². The molecule has 42 valence electrons. The van der Waals surface area contributed by atoms with Gasteiger partial charge in [0.1, 0.15) is 10.5 Å². The fraction of sp³-hybridized carbons (Fsp3) is 0.333. The average Bonchev–Trinajstić information content (AvgIpc) is 1.68. The molecule has 0 bridgehead atoms. The Balaban J connectivity index is 2.98. The third-order valence-corrected chi connectivity index (χ3v) is 2.62. The lowest BCUT2D eigenvalue weighted by atomic mass is 10.7. The van der Waals surface area contributed by atoms with E-state index in [1.807, 2.05) is 0 Å². The maximum absolute atomic E-state index is 8.70. The van der Waals surface area contributed by atoms with Gasteiger partial charge in [-0.1, -0.05) is 6.08 Å². The van der Waals surface area contributed by atoms with Crippen molar-refractivity contribution >= 4 is 20.2 Å². The first-order chi connectivity index (χ1) is 3.31. The van der Waals surface area contributed by atoms with E-state index in [9.17, 15) is 0 Å². The minimum Gasteiger partial charge on any atom is -0.466 e. The second kappa shape index (κ2) is 4.26. The van der Waals surface area contributed by atoms with E-state index in [4.69, 9.17) is 9.22 Å². The molecule has 0 spiro atoms. The molecule has 0 amide bonds. The van der Waals surface area contributed by atoms with Crippen LogP contribution in [0.5, 0.6) is 0 Å². The summed E-state index contributed by atoms with van der Waals surface area (Å²) in [6.07, 6.45) is 1.52. The van der Waals surface area contributed by atoms with E-state index in [1.165, 1.54) is 6.08 Å². The van der Waals surface area contributed by atoms with Gasteiger partial charge in [-0.2, -0.15) is 0 Å². The summed E-state index contributed by atoms with van der Waals surface area (Å²) in [5, 5.41) is 8.70. The summed E-state index contributed by atoms with van der Waals surface area (Å²) in [6, 6.07) is 0. The van der Waals surface area contributed by atoms with Crippen molar-refractivity contribution in [2.24, 2.45) is 0 Å². The van der Waals surface area contributed by atoms with Crippen LogP contribution < -0.4 is 0 Å². The zero-order valence-electron chi connectivity index (χ0n) is 4.42. The molecule has 0 rings (SSSR count). The summed E-state index contributed by atoms with van der Waals surface area (Å²) in [5.41, 5.74) is -0.336. The molecule has 0 radical (unpaired) electrons. The van der Waals surface area contributed by atoms with E-state index in [1.54, 1.807) is 0 Å². The molecule has 0 aliphatic rings. The molecule has 0 aliphatic carbocycles. The first-order valence-electron chi connectivity index (χ1n) is 2.10. The van der Waals surface area contributed by atoms with Crippen LogP contribution in [0.3, 0.4) is 0 Å². The predicted octanol–water partition coefficient (Wildman–Crippen LogP) is -2.13. The summed E-state index contributed by atoms with van der Waals surface area (Å²) in [5.74, 6) is 0. The molecule has 2 nitrogen and oxygen atoms in total. The third kappa shape index (κ3) is 3.94. The lowest BCUT2D eigenvalue weighted by Crippen LogP contribution is -2.14. The van der Waals surface area contributed by atoms with Gasteiger partial charge in [-0.05, 0) is 0 Å². The highest BCUT2D eigenvalue weighted by atomic mass is 28.3. The molecule has 0 saturated carbocycles. The van der Waals surface area contributed by atoms with Crippen molar-refractivity contribution in [3.8, 4) is 0 Å². The van der Waals surface area contributed by atoms with Crippen LogP contribution in [0.2, 0.25) is 0 Å². The Morgan fingerprint density at radius 2 is 2.57 bits per heavy atom. The monoisotopic (exact) mass is 134 g/mol. The van der Waals surface area contributed by atoms with Crippen LogP contribution in [0.1, 0.15) is 0 Å². The minimum atomic E-state index is -0.655. The molecular weight excluding hydrogens is 124 g/mol. The molecule has 4 heteroatoms. The summed E-state index contributed by atoms with van der Waals surface area (Å²) in [4.78, 5) is 0. The predicted molar refractivity (Wildman–Crippen MR) is 35.8 cm³/mol. The number of hydrogen-bond acceptors (Lipinski definition) is 2. The van der Waals surface area contributed by atoms with E-state index in [-0.39, 0.29) is 5.73 Å². The second-order valence-electron chi connectivity index (χ2n) is 1.26. The van der Waals surface area contributed by atoms with Crippen LogP contribution in [0.4, 0.5) is 0 Å². The molecule has 0 aliphatic heterocycles. The highest BCUT2D eigenvalue weighted by molar-refractivity contribution is 6.36. The molecule has 0 fully saturated rings. The van der Waals surface area contributed by atoms with Crippen LogP contribution in [-0.2, 0) is 4.12 Å². The Morgan fingerprint density at radius 1 is 2.00 bits per heavy atom. The Bertz CT molecular complexity index is 56.9. The van der Waals surface area contributed by atoms with Gasteiger partial charge in [0.2, 0.25) is 0 Å². The normalized spacial score (nSPS) is 15.6. The molecule has 1 N–H and O–H groups in total. The standard InChI is InChI=1S/C3H10O2Si2/c1-2-3(4)7-5-6/h2-4H,1,7H2,6H3. The molecule has 0 aromatic rings. The van der Waals surface area contributed by atoms with Gasteiger partial charge in [-0.3, -0.25) is 0 Å². The van der Waals surface area contributed by atoms with Gasteiger partial charge >= 0.3 is 0 Å². The van der Waals surface area contributed by atoms with Crippen molar-refractivity contribution in [3.05, 3.63) is 12.7 Å². The van der Waals surface area contributed by atoms with Crippen molar-refractivity contribution in [2.75, 3.05) is 0 Å². The maximum Gasteiger partial charge on any atom is 0.180 e. The van der Waals surface area contributed by atoms with E-state index in [0.29, 0.717) is 0 Å². The third-order valence-electron chi connectivity index (χ3n) is 0.610. The molecule has 1 unspecified atom stereocenters. The van der Waals surface area contributed by atoms with Crippen molar-refractivity contribution in [1.82, 2.24) is 0 Å². The summed E-state index contributed by atoms with van der Waals surface area (Å²) in [7, 11) is 0.0907. The van der Waals surface area contributed by atoms with Gasteiger partial charge in [-0.15, -0.1) is 6.58 Å². The first kappa shape index (κ1) is 7.09. The van der Waals surface area contributed by atoms with Crippen LogP contribution in [0.25, 0.3) is 0 Å². The topological polar surface area (TPSA) is 29.5 Å². The first-order valence-corrected chi connectivity index (χ1v) is 4.32. The highest BCUT2D eigenvalue weighted by Crippen LogP contribution is 1.77. The van der Waals surface area contributed by atoms with Gasteiger partial charge in [0, 0.05) is 0 Å². The van der Waals surface area contributed by atoms with E-state index in [0.717, 1.165) is 10.5 Å². The molecule has 1 atom stereocenters. The second-order valence-corrected chi connectivity index (χ2v) is 4.74. The Hall–Kier alpha value is 0.0938. The lowest BCUT2D eigenvalue weighted by Gasteiger charge is -1.98. The minimum absolute atomic E-state index is 0.336. The van der Waals surface area contributed by atoms with E-state index >= 15 is 0 Å². The van der Waals surface area contributed by atoms with Gasteiger partial charge < -0.3 is 9.22 Å². The summed E-state index contributed by atoms with van der Waals surface area (Å²) in [6.45, 7) is 3.40. The quantitative estimate of drug-likeness (QED) is 0.353. The van der Waals surface area contributed by atoms with Crippen LogP contribution >= 0.6 is 0 Å². The zero-order chi connectivity index (χ0) is 5.70. The highest BCUT2D eigenvalue weighted by Gasteiger charge is 1.93. The van der Waals surface area contributed by atoms with E-state index < -0.39 is 9.76 Å². The fourth-order valence-electron chi connectivity index (χ4n) is 0.239. The Kier molecular flexibility index (Phi) is 4.31. The van der Waals surface area contributed by atoms with Crippen LogP contribution in [0.15, 0.2) is 12.7 Å². The van der Waals surface area contributed by atoms with Crippen molar-refractivity contribution in [2.45, 2.75) is 5.73 Å². The molecule has 7 heavy (non-hydrogen) atoms. The Morgan fingerprint density at radius 3 is 2.71 bits per heavy atom. The van der Waals surface area contributed by atoms with Crippen molar-refractivity contribution < 1.29 is 9.22 Å². The molecule has 0 heterocycles. The van der Waals surface area contributed by atoms with Crippen molar-refractivity contribution in [1.29, 1.82) is 0 Å². The number of rotatable bonds is 3. The maximum atomic E-state index is 8.70. The van der Waals surface area contributed by atoms with Gasteiger partial charge in [-0.25, -0.2) is 0 Å². The number of hydrogen-bond donors (Lipinski definition) is 1. The van der Waals surface area contributed by atoms with E-state index in [2.05, 4.69) is 6.58 Å². The van der Waals surface area contributed by atoms with Gasteiger partial charge in [0.25, 0.3) is 0 Å².